The Bertz CT molecular complexity index is 617. The van der Waals surface area contributed by atoms with Gasteiger partial charge in [0.2, 0.25) is 0 Å². The molecular formula is C18H25N3O. The van der Waals surface area contributed by atoms with E-state index in [2.05, 4.69) is 69.1 Å². The highest BCUT2D eigenvalue weighted by molar-refractivity contribution is 5.50. The number of hydrogen-bond acceptors (Lipinski definition) is 4. The van der Waals surface area contributed by atoms with E-state index >= 15 is 0 Å². The van der Waals surface area contributed by atoms with E-state index in [1.54, 1.807) is 6.20 Å². The molecule has 4 nitrogen and oxygen atoms in total. The molecule has 0 aliphatic heterocycles. The van der Waals surface area contributed by atoms with Gasteiger partial charge in [0, 0.05) is 6.42 Å². The quantitative estimate of drug-likeness (QED) is 0.917. The van der Waals surface area contributed by atoms with Crippen molar-refractivity contribution in [2.45, 2.75) is 58.8 Å². The fraction of sp³-hybridized carbons (Fsp3) is 0.500. The smallest absolute Gasteiger partial charge is 0.123 e. The van der Waals surface area contributed by atoms with E-state index in [-0.39, 0.29) is 10.8 Å². The van der Waals surface area contributed by atoms with Gasteiger partial charge in [-0.1, -0.05) is 53.7 Å². The van der Waals surface area contributed by atoms with Crippen LogP contribution in [0, 0.1) is 0 Å². The largest absolute Gasteiger partial charge is 0.507 e. The number of nitrogens with zero attached hydrogens (tertiary/aromatic N) is 3. The van der Waals surface area contributed by atoms with Crippen LogP contribution in [0.4, 0.5) is 0 Å². The zero-order chi connectivity index (χ0) is 16.5. The van der Waals surface area contributed by atoms with Gasteiger partial charge in [-0.3, -0.25) is 0 Å². The zero-order valence-corrected chi connectivity index (χ0v) is 14.3. The third-order valence-electron chi connectivity index (χ3n) is 3.73. The molecule has 0 fully saturated rings. The van der Waals surface area contributed by atoms with Crippen molar-refractivity contribution < 1.29 is 5.11 Å². The summed E-state index contributed by atoms with van der Waals surface area (Å²) in [5, 5.41) is 22.2. The summed E-state index contributed by atoms with van der Waals surface area (Å²) < 4.78 is 0. The minimum Gasteiger partial charge on any atom is -0.507 e. The van der Waals surface area contributed by atoms with Gasteiger partial charge in [0.05, 0.1) is 11.9 Å². The van der Waals surface area contributed by atoms with Crippen LogP contribution in [-0.2, 0) is 17.3 Å². The molecule has 0 spiro atoms. The zero-order valence-electron chi connectivity index (χ0n) is 14.3. The van der Waals surface area contributed by atoms with Crippen LogP contribution in [-0.4, -0.2) is 20.5 Å². The Balaban J connectivity index is 2.56. The van der Waals surface area contributed by atoms with Gasteiger partial charge >= 0.3 is 0 Å². The maximum atomic E-state index is 10.7. The van der Waals surface area contributed by atoms with E-state index < -0.39 is 0 Å². The summed E-state index contributed by atoms with van der Waals surface area (Å²) >= 11 is 0. The van der Waals surface area contributed by atoms with E-state index in [4.69, 9.17) is 0 Å². The predicted octanol–water partition coefficient (Wildman–Crippen LogP) is 3.76. The summed E-state index contributed by atoms with van der Waals surface area (Å²) in [4.78, 5) is 0. The third-order valence-corrected chi connectivity index (χ3v) is 3.73. The van der Waals surface area contributed by atoms with Crippen LogP contribution in [0.5, 0.6) is 5.75 Å². The summed E-state index contributed by atoms with van der Waals surface area (Å²) in [6.07, 6.45) is 2.33. The van der Waals surface area contributed by atoms with Crippen LogP contribution in [0.15, 0.2) is 24.4 Å². The van der Waals surface area contributed by atoms with Crippen molar-refractivity contribution in [2.24, 2.45) is 0 Å². The Labute approximate surface area is 132 Å². The van der Waals surface area contributed by atoms with Crippen LogP contribution >= 0.6 is 0 Å². The minimum absolute atomic E-state index is 0.121. The summed E-state index contributed by atoms with van der Waals surface area (Å²) in [6, 6.07) is 6.02. The van der Waals surface area contributed by atoms with Crippen molar-refractivity contribution in [3.05, 3.63) is 46.8 Å². The van der Waals surface area contributed by atoms with Crippen LogP contribution < -0.4 is 0 Å². The lowest BCUT2D eigenvalue weighted by Gasteiger charge is -2.28. The molecule has 1 heterocycles. The molecule has 0 saturated heterocycles. The van der Waals surface area contributed by atoms with E-state index in [1.807, 2.05) is 6.07 Å². The van der Waals surface area contributed by atoms with Gasteiger partial charge in [0.15, 0.2) is 0 Å². The minimum atomic E-state index is -0.121. The molecule has 118 valence electrons. The maximum Gasteiger partial charge on any atom is 0.123 e. The Kier molecular flexibility index (Phi) is 4.23. The number of hydrogen-bond donors (Lipinski definition) is 1. The van der Waals surface area contributed by atoms with E-state index in [0.717, 1.165) is 22.4 Å². The van der Waals surface area contributed by atoms with Crippen molar-refractivity contribution in [1.29, 1.82) is 0 Å². The fourth-order valence-corrected chi connectivity index (χ4v) is 2.51. The van der Waals surface area contributed by atoms with E-state index in [0.29, 0.717) is 12.2 Å². The van der Waals surface area contributed by atoms with Crippen molar-refractivity contribution in [2.75, 3.05) is 0 Å². The maximum absolute atomic E-state index is 10.7. The molecule has 0 unspecified atom stereocenters. The normalized spacial score (nSPS) is 12.5. The number of rotatable bonds is 2. The van der Waals surface area contributed by atoms with Crippen molar-refractivity contribution in [3.63, 3.8) is 0 Å². The first kappa shape index (κ1) is 16.4. The number of phenolic OH excluding ortho intramolecular Hbond substituents is 1. The van der Waals surface area contributed by atoms with Gasteiger partial charge in [0.25, 0.3) is 0 Å². The van der Waals surface area contributed by atoms with Gasteiger partial charge in [-0.2, -0.15) is 0 Å². The average Bonchev–Trinajstić information content (AvgIpc) is 2.39. The highest BCUT2D eigenvalue weighted by Gasteiger charge is 2.26. The molecule has 0 aliphatic rings. The Morgan fingerprint density at radius 3 is 1.91 bits per heavy atom. The van der Waals surface area contributed by atoms with Crippen molar-refractivity contribution in [3.8, 4) is 5.75 Å². The summed E-state index contributed by atoms with van der Waals surface area (Å²) in [7, 11) is 0. The second-order valence-corrected chi connectivity index (χ2v) is 7.83. The van der Waals surface area contributed by atoms with Gasteiger partial charge in [-0.15, -0.1) is 10.2 Å². The standard InChI is InChI=1S/C18H25N3O/c1-17(2,3)14-10-12(9-13-7-8-19-21-20-13)11-15(16(14)22)18(4,5)6/h7-8,10-11,22H,9H2,1-6H3. The van der Waals surface area contributed by atoms with Crippen molar-refractivity contribution >= 4 is 0 Å². The topological polar surface area (TPSA) is 58.9 Å². The molecule has 1 aromatic heterocycles. The summed E-state index contributed by atoms with van der Waals surface area (Å²) in [5.74, 6) is 0.407. The molecule has 0 aliphatic carbocycles. The monoisotopic (exact) mass is 299 g/mol. The molecule has 0 bridgehead atoms. The molecule has 2 rings (SSSR count). The molecule has 2 aromatic rings. The second kappa shape index (κ2) is 5.67. The molecule has 0 amide bonds. The van der Waals surface area contributed by atoms with Crippen LogP contribution in [0.2, 0.25) is 0 Å². The molecule has 4 heteroatoms. The molecule has 1 N–H and O–H groups in total. The SMILES string of the molecule is CC(C)(C)c1cc(Cc2ccnnn2)cc(C(C)(C)C)c1O. The molecule has 22 heavy (non-hydrogen) atoms. The van der Waals surface area contributed by atoms with Gasteiger partial charge in [-0.25, -0.2) is 0 Å². The van der Waals surface area contributed by atoms with Crippen LogP contribution in [0.1, 0.15) is 63.9 Å². The van der Waals surface area contributed by atoms with E-state index in [9.17, 15) is 5.11 Å². The summed E-state index contributed by atoms with van der Waals surface area (Å²) in [6.45, 7) is 12.7. The first-order valence-electron chi connectivity index (χ1n) is 7.59. The second-order valence-electron chi connectivity index (χ2n) is 7.83. The van der Waals surface area contributed by atoms with Gasteiger partial charge in [-0.05, 0) is 38.8 Å². The molecular weight excluding hydrogens is 274 g/mol. The van der Waals surface area contributed by atoms with Crippen LogP contribution in [0.25, 0.3) is 0 Å². The lowest BCUT2D eigenvalue weighted by atomic mass is 9.78. The number of benzene rings is 1. The molecule has 0 atom stereocenters. The fourth-order valence-electron chi connectivity index (χ4n) is 2.51. The average molecular weight is 299 g/mol. The molecule has 0 radical (unpaired) electrons. The Morgan fingerprint density at radius 1 is 0.955 bits per heavy atom. The highest BCUT2D eigenvalue weighted by atomic mass is 16.3. The van der Waals surface area contributed by atoms with Crippen molar-refractivity contribution in [1.82, 2.24) is 15.4 Å². The Hall–Kier alpha value is -1.97. The first-order chi connectivity index (χ1) is 10.1. The lowest BCUT2D eigenvalue weighted by Crippen LogP contribution is -2.18. The number of aromatic hydroxyl groups is 1. The molecule has 1 aromatic carbocycles. The van der Waals surface area contributed by atoms with E-state index in [1.165, 1.54) is 0 Å². The Morgan fingerprint density at radius 2 is 1.50 bits per heavy atom. The first-order valence-corrected chi connectivity index (χ1v) is 7.59. The molecule has 0 saturated carbocycles. The van der Waals surface area contributed by atoms with Gasteiger partial charge in [0.1, 0.15) is 5.75 Å². The predicted molar refractivity (Wildman–Crippen MR) is 88.1 cm³/mol. The highest BCUT2D eigenvalue weighted by Crippen LogP contribution is 2.40. The lowest BCUT2D eigenvalue weighted by molar-refractivity contribution is 0.423. The summed E-state index contributed by atoms with van der Waals surface area (Å²) in [5.41, 5.74) is 3.70. The van der Waals surface area contributed by atoms with Crippen LogP contribution in [0.3, 0.4) is 0 Å². The van der Waals surface area contributed by atoms with Gasteiger partial charge < -0.3 is 5.11 Å². The number of aromatic nitrogens is 3. The third kappa shape index (κ3) is 3.62. The number of phenols is 1.